The van der Waals surface area contributed by atoms with Crippen LogP contribution in [0.4, 0.5) is 0 Å². The van der Waals surface area contributed by atoms with Gasteiger partial charge in [-0.05, 0) is 35.8 Å². The zero-order valence-corrected chi connectivity index (χ0v) is 21.2. The van der Waals surface area contributed by atoms with Crippen LogP contribution >= 0.6 is 24.0 Å². The summed E-state index contributed by atoms with van der Waals surface area (Å²) in [6, 6.07) is 13.6. The molecule has 34 heavy (non-hydrogen) atoms. The second kappa shape index (κ2) is 12.6. The number of carbonyl (C=O) groups is 2. The SMILES string of the molecule is CCCCCCOc1ccc(/C=C2\SC(=S)N(C(C(=O)OC)c3ccccc3)C2=O)cc1OC. The van der Waals surface area contributed by atoms with E-state index in [2.05, 4.69) is 6.92 Å². The third kappa shape index (κ3) is 6.18. The fourth-order valence-corrected chi connectivity index (χ4v) is 4.91. The van der Waals surface area contributed by atoms with Gasteiger partial charge < -0.3 is 14.2 Å². The Bertz CT molecular complexity index is 1050. The minimum absolute atomic E-state index is 0.300. The molecule has 1 aliphatic rings. The molecule has 1 atom stereocenters. The molecule has 8 heteroatoms. The molecule has 1 fully saturated rings. The maximum atomic E-state index is 13.3. The van der Waals surface area contributed by atoms with Gasteiger partial charge in [0.2, 0.25) is 0 Å². The lowest BCUT2D eigenvalue weighted by Crippen LogP contribution is -2.37. The Morgan fingerprint density at radius 2 is 1.85 bits per heavy atom. The number of thiocarbonyl (C=S) groups is 1. The van der Waals surface area contributed by atoms with Crippen molar-refractivity contribution in [2.24, 2.45) is 0 Å². The molecular formula is C26H29NO5S2. The van der Waals surface area contributed by atoms with Crippen molar-refractivity contribution < 1.29 is 23.8 Å². The topological polar surface area (TPSA) is 65.1 Å². The summed E-state index contributed by atoms with van der Waals surface area (Å²) in [7, 11) is 2.88. The highest BCUT2D eigenvalue weighted by molar-refractivity contribution is 8.26. The Hall–Kier alpha value is -2.84. The van der Waals surface area contributed by atoms with Gasteiger partial charge >= 0.3 is 5.97 Å². The minimum atomic E-state index is -0.942. The van der Waals surface area contributed by atoms with E-state index in [-0.39, 0.29) is 5.91 Å². The quantitative estimate of drug-likeness (QED) is 0.168. The summed E-state index contributed by atoms with van der Waals surface area (Å²) in [5.74, 6) is 0.366. The van der Waals surface area contributed by atoms with Crippen molar-refractivity contribution in [2.45, 2.75) is 38.6 Å². The molecule has 0 N–H and O–H groups in total. The Balaban J connectivity index is 1.80. The molecule has 0 bridgehead atoms. The van der Waals surface area contributed by atoms with Crippen LogP contribution in [0.3, 0.4) is 0 Å². The first-order chi connectivity index (χ1) is 16.5. The number of benzene rings is 2. The van der Waals surface area contributed by atoms with Crippen molar-refractivity contribution in [1.29, 1.82) is 0 Å². The molecule has 1 heterocycles. The van der Waals surface area contributed by atoms with E-state index in [9.17, 15) is 9.59 Å². The van der Waals surface area contributed by atoms with E-state index in [1.54, 1.807) is 37.5 Å². The summed E-state index contributed by atoms with van der Waals surface area (Å²) in [6.45, 7) is 2.80. The summed E-state index contributed by atoms with van der Waals surface area (Å²) in [5.41, 5.74) is 1.40. The van der Waals surface area contributed by atoms with Gasteiger partial charge in [0.05, 0.1) is 25.7 Å². The van der Waals surface area contributed by atoms with Gasteiger partial charge in [0.15, 0.2) is 17.5 Å². The molecule has 2 aromatic carbocycles. The van der Waals surface area contributed by atoms with Gasteiger partial charge in [-0.1, -0.05) is 86.6 Å². The number of esters is 1. The first-order valence-corrected chi connectivity index (χ1v) is 12.4. The number of ether oxygens (including phenoxy) is 3. The van der Waals surface area contributed by atoms with Gasteiger partial charge in [0, 0.05) is 0 Å². The number of hydrogen-bond donors (Lipinski definition) is 0. The van der Waals surface area contributed by atoms with Crippen LogP contribution in [0.25, 0.3) is 6.08 Å². The number of methoxy groups -OCH3 is 2. The van der Waals surface area contributed by atoms with Crippen LogP contribution in [-0.2, 0) is 14.3 Å². The normalized spacial score (nSPS) is 15.5. The summed E-state index contributed by atoms with van der Waals surface area (Å²) in [4.78, 5) is 27.6. The summed E-state index contributed by atoms with van der Waals surface area (Å²) < 4.78 is 16.6. The van der Waals surface area contributed by atoms with E-state index in [1.165, 1.54) is 24.9 Å². The molecule has 2 aromatic rings. The highest BCUT2D eigenvalue weighted by Gasteiger charge is 2.41. The number of thioether (sulfide) groups is 1. The van der Waals surface area contributed by atoms with Crippen molar-refractivity contribution in [3.63, 3.8) is 0 Å². The molecule has 1 aliphatic heterocycles. The predicted octanol–water partition coefficient (Wildman–Crippen LogP) is 5.77. The average molecular weight is 500 g/mol. The van der Waals surface area contributed by atoms with E-state index in [0.29, 0.717) is 32.9 Å². The van der Waals surface area contributed by atoms with E-state index < -0.39 is 12.0 Å². The van der Waals surface area contributed by atoms with Gasteiger partial charge in [-0.15, -0.1) is 0 Å². The summed E-state index contributed by atoms with van der Waals surface area (Å²) in [6.07, 6.45) is 6.24. The van der Waals surface area contributed by atoms with Crippen LogP contribution in [0, 0.1) is 0 Å². The largest absolute Gasteiger partial charge is 0.493 e. The lowest BCUT2D eigenvalue weighted by Gasteiger charge is -2.24. The van der Waals surface area contributed by atoms with Gasteiger partial charge in [-0.25, -0.2) is 4.79 Å². The van der Waals surface area contributed by atoms with Gasteiger partial charge in [0.25, 0.3) is 5.91 Å². The molecule has 180 valence electrons. The van der Waals surface area contributed by atoms with Gasteiger partial charge in [-0.3, -0.25) is 9.69 Å². The number of rotatable bonds is 11. The smallest absolute Gasteiger partial charge is 0.333 e. The van der Waals surface area contributed by atoms with Crippen LogP contribution in [0.1, 0.15) is 49.8 Å². The van der Waals surface area contributed by atoms with Crippen LogP contribution < -0.4 is 9.47 Å². The van der Waals surface area contributed by atoms with Crippen LogP contribution in [0.2, 0.25) is 0 Å². The fraction of sp³-hybridized carbons (Fsp3) is 0.346. The minimum Gasteiger partial charge on any atom is -0.493 e. The number of hydrogen-bond acceptors (Lipinski definition) is 7. The monoisotopic (exact) mass is 499 g/mol. The maximum Gasteiger partial charge on any atom is 0.333 e. The predicted molar refractivity (Wildman–Crippen MR) is 139 cm³/mol. The van der Waals surface area contributed by atoms with E-state index in [0.717, 1.165) is 30.2 Å². The van der Waals surface area contributed by atoms with Crippen molar-refractivity contribution >= 4 is 46.3 Å². The Labute approximate surface area is 210 Å². The van der Waals surface area contributed by atoms with Crippen molar-refractivity contribution in [3.8, 4) is 11.5 Å². The maximum absolute atomic E-state index is 13.3. The zero-order valence-electron chi connectivity index (χ0n) is 19.6. The molecular weight excluding hydrogens is 470 g/mol. The number of nitrogens with zero attached hydrogens (tertiary/aromatic N) is 1. The third-order valence-electron chi connectivity index (χ3n) is 5.36. The standard InChI is InChI=1S/C26H29NO5S2/c1-4-5-6-10-15-32-20-14-13-18(16-21(20)30-2)17-22-24(28)27(26(33)34-22)23(25(29)31-3)19-11-8-7-9-12-19/h7-9,11-14,16-17,23H,4-6,10,15H2,1-3H3/b22-17-. The second-order valence-electron chi connectivity index (χ2n) is 7.71. The van der Waals surface area contributed by atoms with E-state index >= 15 is 0 Å². The van der Waals surface area contributed by atoms with Crippen LogP contribution in [-0.4, -0.2) is 41.9 Å². The average Bonchev–Trinajstić information content (AvgIpc) is 3.13. The molecule has 1 amide bonds. The number of unbranched alkanes of at least 4 members (excludes halogenated alkanes) is 3. The molecule has 0 radical (unpaired) electrons. The Morgan fingerprint density at radius 1 is 1.09 bits per heavy atom. The highest BCUT2D eigenvalue weighted by Crippen LogP contribution is 2.39. The van der Waals surface area contributed by atoms with Crippen LogP contribution in [0.15, 0.2) is 53.4 Å². The zero-order chi connectivity index (χ0) is 24.5. The molecule has 0 aromatic heterocycles. The lowest BCUT2D eigenvalue weighted by atomic mass is 10.1. The van der Waals surface area contributed by atoms with Crippen molar-refractivity contribution in [1.82, 2.24) is 4.90 Å². The molecule has 0 saturated carbocycles. The highest BCUT2D eigenvalue weighted by atomic mass is 32.2. The fourth-order valence-electron chi connectivity index (χ4n) is 3.60. The van der Waals surface area contributed by atoms with Crippen LogP contribution in [0.5, 0.6) is 11.5 Å². The molecule has 6 nitrogen and oxygen atoms in total. The summed E-state index contributed by atoms with van der Waals surface area (Å²) in [5, 5.41) is 0. The molecule has 0 spiro atoms. The second-order valence-corrected chi connectivity index (χ2v) is 9.38. The molecule has 1 unspecified atom stereocenters. The van der Waals surface area contributed by atoms with Gasteiger partial charge in [-0.2, -0.15) is 0 Å². The number of amides is 1. The lowest BCUT2D eigenvalue weighted by molar-refractivity contribution is -0.148. The molecule has 3 rings (SSSR count). The van der Waals surface area contributed by atoms with E-state index in [1.807, 2.05) is 24.3 Å². The molecule has 1 saturated heterocycles. The third-order valence-corrected chi connectivity index (χ3v) is 6.69. The summed E-state index contributed by atoms with van der Waals surface area (Å²) >= 11 is 6.63. The Kier molecular flexibility index (Phi) is 9.53. The first-order valence-electron chi connectivity index (χ1n) is 11.2. The molecule has 0 aliphatic carbocycles. The van der Waals surface area contributed by atoms with Crippen molar-refractivity contribution in [3.05, 3.63) is 64.6 Å². The number of carbonyl (C=O) groups excluding carboxylic acids is 2. The van der Waals surface area contributed by atoms with E-state index in [4.69, 9.17) is 26.4 Å². The Morgan fingerprint density at radius 3 is 2.53 bits per heavy atom. The van der Waals surface area contributed by atoms with Gasteiger partial charge in [0.1, 0.15) is 4.32 Å². The first kappa shape index (κ1) is 25.8. The van der Waals surface area contributed by atoms with Crippen molar-refractivity contribution in [2.75, 3.05) is 20.8 Å².